The number of ether oxygens (including phenoxy) is 4. The van der Waals surface area contributed by atoms with Crippen LogP contribution < -0.4 is 0 Å². The number of esters is 3. The zero-order chi connectivity index (χ0) is 17.0. The molecule has 4 atom stereocenters. The number of rotatable bonds is 4. The summed E-state index contributed by atoms with van der Waals surface area (Å²) in [6, 6.07) is 0. The van der Waals surface area contributed by atoms with E-state index in [9.17, 15) is 14.4 Å². The molecule has 0 amide bonds. The van der Waals surface area contributed by atoms with Gasteiger partial charge in [0.05, 0.1) is 12.9 Å². The summed E-state index contributed by atoms with van der Waals surface area (Å²) in [5.41, 5.74) is 0. The largest absolute Gasteiger partial charge is 0.456 e. The molecule has 1 saturated heterocycles. The molecule has 0 aromatic carbocycles. The van der Waals surface area contributed by atoms with Crippen molar-refractivity contribution in [1.82, 2.24) is 9.55 Å². The molecule has 1 unspecified atom stereocenters. The summed E-state index contributed by atoms with van der Waals surface area (Å²) in [5.74, 6) is -1.72. The fourth-order valence-electron chi connectivity index (χ4n) is 2.40. The van der Waals surface area contributed by atoms with Crippen LogP contribution in [-0.4, -0.2) is 52.4 Å². The highest BCUT2D eigenvalue weighted by molar-refractivity contribution is 5.68. The minimum atomic E-state index is -0.985. The fourth-order valence-corrected chi connectivity index (χ4v) is 2.40. The molecule has 23 heavy (non-hydrogen) atoms. The second kappa shape index (κ2) is 7.23. The predicted molar refractivity (Wildman–Crippen MR) is 73.9 cm³/mol. The molecule has 2 rings (SSSR count). The lowest BCUT2D eigenvalue weighted by atomic mass is 10.0. The molecular formula is C14H18N2O7. The summed E-state index contributed by atoms with van der Waals surface area (Å²) in [6.45, 7) is 3.66. The van der Waals surface area contributed by atoms with Crippen molar-refractivity contribution in [1.29, 1.82) is 0 Å². The van der Waals surface area contributed by atoms with Gasteiger partial charge in [-0.2, -0.15) is 0 Å². The summed E-state index contributed by atoms with van der Waals surface area (Å²) in [7, 11) is 0. The van der Waals surface area contributed by atoms with E-state index in [1.807, 2.05) is 0 Å². The number of hydrogen-bond donors (Lipinski definition) is 0. The van der Waals surface area contributed by atoms with Crippen LogP contribution in [0.3, 0.4) is 0 Å². The number of hydrogen-bond acceptors (Lipinski definition) is 8. The lowest BCUT2D eigenvalue weighted by Gasteiger charge is -2.40. The van der Waals surface area contributed by atoms with Gasteiger partial charge in [0.25, 0.3) is 0 Å². The average Bonchev–Trinajstić information content (AvgIpc) is 2.94. The van der Waals surface area contributed by atoms with E-state index >= 15 is 0 Å². The molecule has 1 aromatic rings. The highest BCUT2D eigenvalue weighted by atomic mass is 16.6. The Balaban J connectivity index is 2.31. The van der Waals surface area contributed by atoms with Crippen LogP contribution in [0.25, 0.3) is 0 Å². The first-order chi connectivity index (χ1) is 10.9. The van der Waals surface area contributed by atoms with Crippen LogP contribution in [0, 0.1) is 0 Å². The Morgan fingerprint density at radius 3 is 2.17 bits per heavy atom. The van der Waals surface area contributed by atoms with E-state index in [0.29, 0.717) is 0 Å². The van der Waals surface area contributed by atoms with Gasteiger partial charge in [0.2, 0.25) is 0 Å². The van der Waals surface area contributed by atoms with Crippen LogP contribution in [0.15, 0.2) is 18.7 Å². The third-order valence-electron chi connectivity index (χ3n) is 3.14. The van der Waals surface area contributed by atoms with Gasteiger partial charge in [-0.3, -0.25) is 14.4 Å². The van der Waals surface area contributed by atoms with Crippen molar-refractivity contribution in [2.24, 2.45) is 0 Å². The monoisotopic (exact) mass is 326 g/mol. The van der Waals surface area contributed by atoms with E-state index in [4.69, 9.17) is 18.9 Å². The standard InChI is InChI=1S/C14H18N2O7/c1-8(17)21-11-6-20-14(16-5-4-15-7-16)13(23-10(3)19)12(11)22-9(2)18/h4-5,7,11-14H,6H2,1-3H3/t11-,12+,13-,14?/m1/s1. The summed E-state index contributed by atoms with van der Waals surface area (Å²) in [4.78, 5) is 38.0. The topological polar surface area (TPSA) is 106 Å². The van der Waals surface area contributed by atoms with Crippen LogP contribution in [0.1, 0.15) is 27.0 Å². The molecule has 1 aromatic heterocycles. The molecule has 1 aliphatic heterocycles. The maximum Gasteiger partial charge on any atom is 0.303 e. The smallest absolute Gasteiger partial charge is 0.303 e. The van der Waals surface area contributed by atoms with E-state index in [-0.39, 0.29) is 6.61 Å². The van der Waals surface area contributed by atoms with Crippen LogP contribution in [0.2, 0.25) is 0 Å². The minimum Gasteiger partial charge on any atom is -0.456 e. The Morgan fingerprint density at radius 2 is 1.65 bits per heavy atom. The summed E-state index contributed by atoms with van der Waals surface area (Å²) in [5, 5.41) is 0. The average molecular weight is 326 g/mol. The molecule has 0 saturated carbocycles. The van der Waals surface area contributed by atoms with Gasteiger partial charge < -0.3 is 23.5 Å². The minimum absolute atomic E-state index is 0.0157. The molecule has 0 aliphatic carbocycles. The van der Waals surface area contributed by atoms with Crippen LogP contribution >= 0.6 is 0 Å². The maximum atomic E-state index is 11.4. The van der Waals surface area contributed by atoms with Gasteiger partial charge in [-0.1, -0.05) is 0 Å². The van der Waals surface area contributed by atoms with Crippen LogP contribution in [0.4, 0.5) is 0 Å². The molecule has 0 radical (unpaired) electrons. The SMILES string of the molecule is CC(=O)O[C@H]1[C@H](OC(C)=O)COC(n2ccnc2)[C@@H]1OC(C)=O. The first-order valence-electron chi connectivity index (χ1n) is 6.99. The summed E-state index contributed by atoms with van der Waals surface area (Å²) < 4.78 is 22.9. The Hall–Kier alpha value is -2.42. The van der Waals surface area contributed by atoms with Crippen molar-refractivity contribution >= 4 is 17.9 Å². The van der Waals surface area contributed by atoms with Crippen molar-refractivity contribution < 1.29 is 33.3 Å². The Morgan fingerprint density at radius 1 is 1.04 bits per heavy atom. The second-order valence-electron chi connectivity index (χ2n) is 5.03. The normalized spacial score (nSPS) is 27.1. The Kier molecular flexibility index (Phi) is 5.32. The maximum absolute atomic E-state index is 11.4. The number of nitrogens with zero attached hydrogens (tertiary/aromatic N) is 2. The first-order valence-corrected chi connectivity index (χ1v) is 6.99. The lowest BCUT2D eigenvalue weighted by molar-refractivity contribution is -0.239. The zero-order valence-electron chi connectivity index (χ0n) is 13.0. The van der Waals surface area contributed by atoms with Crippen molar-refractivity contribution in [3.8, 4) is 0 Å². The molecule has 2 heterocycles. The van der Waals surface area contributed by atoms with Gasteiger partial charge in [-0.15, -0.1) is 0 Å². The fraction of sp³-hybridized carbons (Fsp3) is 0.571. The molecule has 0 spiro atoms. The number of aromatic nitrogens is 2. The van der Waals surface area contributed by atoms with Crippen molar-refractivity contribution in [2.45, 2.75) is 45.3 Å². The first kappa shape index (κ1) is 16.9. The molecular weight excluding hydrogens is 308 g/mol. The molecule has 1 aliphatic rings. The van der Waals surface area contributed by atoms with E-state index in [1.165, 1.54) is 33.3 Å². The highest BCUT2D eigenvalue weighted by Crippen LogP contribution is 2.30. The Bertz CT molecular complexity index is 572. The van der Waals surface area contributed by atoms with Crippen molar-refractivity contribution in [2.75, 3.05) is 6.61 Å². The third kappa shape index (κ3) is 4.28. The summed E-state index contributed by atoms with van der Waals surface area (Å²) >= 11 is 0. The van der Waals surface area contributed by atoms with Crippen molar-refractivity contribution in [3.05, 3.63) is 18.7 Å². The molecule has 9 heteroatoms. The van der Waals surface area contributed by atoms with Gasteiger partial charge in [0.15, 0.2) is 24.5 Å². The summed E-state index contributed by atoms with van der Waals surface area (Å²) in [6.07, 6.45) is 1.05. The third-order valence-corrected chi connectivity index (χ3v) is 3.14. The predicted octanol–water partition coefficient (Wildman–Crippen LogP) is 0.207. The lowest BCUT2D eigenvalue weighted by Crippen LogP contribution is -2.55. The van der Waals surface area contributed by atoms with Gasteiger partial charge in [-0.05, 0) is 0 Å². The van der Waals surface area contributed by atoms with E-state index < -0.39 is 42.4 Å². The van der Waals surface area contributed by atoms with E-state index in [0.717, 1.165) is 0 Å². The number of imidazole rings is 1. The number of carbonyl (C=O) groups excluding carboxylic acids is 3. The quantitative estimate of drug-likeness (QED) is 0.571. The number of carbonyl (C=O) groups is 3. The van der Waals surface area contributed by atoms with Crippen LogP contribution in [-0.2, 0) is 33.3 Å². The molecule has 0 N–H and O–H groups in total. The second-order valence-corrected chi connectivity index (χ2v) is 5.03. The highest BCUT2D eigenvalue weighted by Gasteiger charge is 2.47. The molecule has 1 fully saturated rings. The van der Waals surface area contributed by atoms with E-state index in [2.05, 4.69) is 4.98 Å². The van der Waals surface area contributed by atoms with Crippen molar-refractivity contribution in [3.63, 3.8) is 0 Å². The molecule has 0 bridgehead atoms. The van der Waals surface area contributed by atoms with Crippen LogP contribution in [0.5, 0.6) is 0 Å². The zero-order valence-corrected chi connectivity index (χ0v) is 13.0. The molecule has 126 valence electrons. The van der Waals surface area contributed by atoms with Gasteiger partial charge in [0.1, 0.15) is 0 Å². The Labute approximate surface area is 132 Å². The molecule has 9 nitrogen and oxygen atoms in total. The van der Waals surface area contributed by atoms with Gasteiger partial charge in [-0.25, -0.2) is 4.98 Å². The van der Waals surface area contributed by atoms with Gasteiger partial charge >= 0.3 is 17.9 Å². The van der Waals surface area contributed by atoms with E-state index in [1.54, 1.807) is 10.8 Å². The van der Waals surface area contributed by atoms with Gasteiger partial charge in [0, 0.05) is 33.2 Å².